The van der Waals surface area contributed by atoms with Crippen LogP contribution in [0.2, 0.25) is 0 Å². The van der Waals surface area contributed by atoms with E-state index in [1.165, 1.54) is 59.1 Å². The van der Waals surface area contributed by atoms with Gasteiger partial charge in [0, 0.05) is 63.7 Å². The van der Waals surface area contributed by atoms with Crippen LogP contribution in [-0.4, -0.2) is 76.1 Å². The summed E-state index contributed by atoms with van der Waals surface area (Å²) in [5.41, 5.74) is 1.19. The number of benzene rings is 1. The first kappa shape index (κ1) is 29.5. The molecule has 11 nitrogen and oxygen atoms in total. The van der Waals surface area contributed by atoms with E-state index in [0.29, 0.717) is 5.92 Å². The van der Waals surface area contributed by atoms with Crippen LogP contribution in [0.25, 0.3) is 10.9 Å². The monoisotopic (exact) mass is 566 g/mol. The van der Waals surface area contributed by atoms with Gasteiger partial charge in [0.1, 0.15) is 5.82 Å². The fraction of sp³-hybridized carbons (Fsp3) is 0.414. The third-order valence-electron chi connectivity index (χ3n) is 6.77. The molecule has 0 bridgehead atoms. The predicted octanol–water partition coefficient (Wildman–Crippen LogP) is 3.23. The Bertz CT molecular complexity index is 1520. The largest absolute Gasteiger partial charge is 0.436 e. The number of amides is 3. The molecule has 1 fully saturated rings. The van der Waals surface area contributed by atoms with Crippen LogP contribution < -0.4 is 10.9 Å². The van der Waals surface area contributed by atoms with E-state index in [9.17, 15) is 23.6 Å². The van der Waals surface area contributed by atoms with Gasteiger partial charge >= 0.3 is 6.09 Å². The van der Waals surface area contributed by atoms with Crippen molar-refractivity contribution in [3.05, 3.63) is 70.7 Å². The molecule has 1 aliphatic carbocycles. The standard InChI is InChI=1S/C29H35FN6O5/c1-33(2)25(37)8-6-5-7-24(41-29(40)34(3)4)27(38)32-26-28(39)35(14-13-31-26)18-22-16-20-15-21(30)11-12-23(20)36(22)17-19-9-10-19/h6,8,11-16,19,24H,5,7,9-10,17-18H2,1-4H3,(H,31,32,38)/b8-6+/t24-/m0/s1. The zero-order chi connectivity index (χ0) is 29.7. The van der Waals surface area contributed by atoms with Crippen LogP contribution >= 0.6 is 0 Å². The second kappa shape index (κ2) is 12.8. The highest BCUT2D eigenvalue weighted by Gasteiger charge is 2.26. The normalized spacial score (nSPS) is 13.8. The average molecular weight is 567 g/mol. The Balaban J connectivity index is 1.53. The van der Waals surface area contributed by atoms with Crippen molar-refractivity contribution in [3.63, 3.8) is 0 Å². The lowest BCUT2D eigenvalue weighted by atomic mass is 10.1. The number of hydrogen-bond donors (Lipinski definition) is 1. The molecular weight excluding hydrogens is 531 g/mol. The number of ether oxygens (including phenoxy) is 1. The minimum Gasteiger partial charge on any atom is -0.436 e. The maximum Gasteiger partial charge on any atom is 0.410 e. The summed E-state index contributed by atoms with van der Waals surface area (Å²) >= 11 is 0. The van der Waals surface area contributed by atoms with E-state index < -0.39 is 23.7 Å². The minimum absolute atomic E-state index is 0.0848. The van der Waals surface area contributed by atoms with E-state index in [1.54, 1.807) is 26.2 Å². The molecule has 12 heteroatoms. The van der Waals surface area contributed by atoms with Gasteiger partial charge in [0.15, 0.2) is 11.9 Å². The molecule has 0 aliphatic heterocycles. The van der Waals surface area contributed by atoms with Crippen molar-refractivity contribution in [2.45, 2.75) is 44.9 Å². The van der Waals surface area contributed by atoms with Crippen molar-refractivity contribution < 1.29 is 23.5 Å². The van der Waals surface area contributed by atoms with E-state index in [4.69, 9.17) is 4.74 Å². The maximum atomic E-state index is 13.9. The molecule has 2 heterocycles. The SMILES string of the molecule is CN(C)C(=O)/C=C/CC[C@H](OC(=O)N(C)C)C(=O)Nc1nccn(Cc2cc3cc(F)ccc3n2CC2CC2)c1=O. The first-order valence-electron chi connectivity index (χ1n) is 13.4. The molecule has 3 aromatic rings. The number of rotatable bonds is 11. The number of aromatic nitrogens is 3. The highest BCUT2D eigenvalue weighted by atomic mass is 19.1. The summed E-state index contributed by atoms with van der Waals surface area (Å²) in [6, 6.07) is 6.52. The van der Waals surface area contributed by atoms with E-state index in [-0.39, 0.29) is 36.9 Å². The Labute approximate surface area is 237 Å². The van der Waals surface area contributed by atoms with Crippen molar-refractivity contribution >= 4 is 34.6 Å². The molecule has 1 aliphatic rings. The summed E-state index contributed by atoms with van der Waals surface area (Å²) in [5, 5.41) is 3.26. The number of hydrogen-bond acceptors (Lipinski definition) is 6. The molecule has 218 valence electrons. The molecule has 2 aromatic heterocycles. The molecule has 0 saturated heterocycles. The molecule has 3 amide bonds. The van der Waals surface area contributed by atoms with Crippen molar-refractivity contribution in [2.24, 2.45) is 5.92 Å². The number of nitrogens with zero attached hydrogens (tertiary/aromatic N) is 5. The molecule has 0 radical (unpaired) electrons. The van der Waals surface area contributed by atoms with Gasteiger partial charge in [-0.3, -0.25) is 14.4 Å². The van der Waals surface area contributed by atoms with E-state index >= 15 is 0 Å². The summed E-state index contributed by atoms with van der Waals surface area (Å²) in [5.74, 6) is -0.920. The predicted molar refractivity (Wildman–Crippen MR) is 152 cm³/mol. The van der Waals surface area contributed by atoms with Crippen LogP contribution in [0.4, 0.5) is 15.0 Å². The molecule has 4 rings (SSSR count). The summed E-state index contributed by atoms with van der Waals surface area (Å²) in [4.78, 5) is 57.1. The van der Waals surface area contributed by atoms with Crippen LogP contribution in [-0.2, 0) is 27.4 Å². The number of carbonyl (C=O) groups excluding carboxylic acids is 3. The lowest BCUT2D eigenvalue weighted by Gasteiger charge is -2.19. The number of carbonyl (C=O) groups is 3. The summed E-state index contributed by atoms with van der Waals surface area (Å²) in [6.07, 6.45) is 6.56. The Hall–Kier alpha value is -4.48. The number of nitrogens with one attached hydrogen (secondary N) is 1. The summed E-state index contributed by atoms with van der Waals surface area (Å²) < 4.78 is 22.8. The van der Waals surface area contributed by atoms with Crippen molar-refractivity contribution in [2.75, 3.05) is 33.5 Å². The van der Waals surface area contributed by atoms with Crippen LogP contribution in [0.5, 0.6) is 0 Å². The Morgan fingerprint density at radius 3 is 2.61 bits per heavy atom. The lowest BCUT2D eigenvalue weighted by Crippen LogP contribution is -2.38. The molecule has 0 spiro atoms. The average Bonchev–Trinajstić information content (AvgIpc) is 3.68. The Kier molecular flexibility index (Phi) is 9.21. The molecular formula is C29H35FN6O5. The van der Waals surface area contributed by atoms with Gasteiger partial charge in [-0.2, -0.15) is 0 Å². The molecule has 1 aromatic carbocycles. The van der Waals surface area contributed by atoms with Gasteiger partial charge in [0.25, 0.3) is 11.5 Å². The van der Waals surface area contributed by atoms with Gasteiger partial charge in [-0.1, -0.05) is 6.08 Å². The summed E-state index contributed by atoms with van der Waals surface area (Å²) in [7, 11) is 6.21. The molecule has 41 heavy (non-hydrogen) atoms. The fourth-order valence-electron chi connectivity index (χ4n) is 4.28. The third kappa shape index (κ3) is 7.59. The number of allylic oxidation sites excluding steroid dienone is 1. The van der Waals surface area contributed by atoms with Gasteiger partial charge in [0.2, 0.25) is 5.91 Å². The Morgan fingerprint density at radius 2 is 1.93 bits per heavy atom. The number of likely N-dealkylation sites (N-methyl/N-ethyl adjacent to an activating group) is 1. The zero-order valence-electron chi connectivity index (χ0n) is 23.7. The number of anilines is 1. The third-order valence-corrected chi connectivity index (χ3v) is 6.77. The molecule has 1 saturated carbocycles. The fourth-order valence-corrected chi connectivity index (χ4v) is 4.28. The second-order valence-electron chi connectivity index (χ2n) is 10.6. The van der Waals surface area contributed by atoms with Gasteiger partial charge in [-0.25, -0.2) is 14.2 Å². The minimum atomic E-state index is -1.23. The molecule has 1 atom stereocenters. The van der Waals surface area contributed by atoms with E-state index in [2.05, 4.69) is 14.9 Å². The van der Waals surface area contributed by atoms with Crippen LogP contribution in [0.3, 0.4) is 0 Å². The first-order valence-corrected chi connectivity index (χ1v) is 13.4. The van der Waals surface area contributed by atoms with Gasteiger partial charge in [0.05, 0.1) is 6.54 Å². The number of fused-ring (bicyclic) bond motifs is 1. The topological polar surface area (TPSA) is 119 Å². The van der Waals surface area contributed by atoms with Gasteiger partial charge < -0.3 is 29.0 Å². The highest BCUT2D eigenvalue weighted by Crippen LogP contribution is 2.33. The van der Waals surface area contributed by atoms with Gasteiger partial charge in [-0.05, 0) is 61.9 Å². The van der Waals surface area contributed by atoms with Crippen molar-refractivity contribution in [1.82, 2.24) is 23.9 Å². The summed E-state index contributed by atoms with van der Waals surface area (Å²) in [6.45, 7) is 0.971. The number of halogens is 1. The molecule has 0 unspecified atom stereocenters. The Morgan fingerprint density at radius 1 is 1.17 bits per heavy atom. The lowest BCUT2D eigenvalue weighted by molar-refractivity contribution is -0.125. The first-order chi connectivity index (χ1) is 19.5. The van der Waals surface area contributed by atoms with Crippen LogP contribution in [0.1, 0.15) is 31.4 Å². The van der Waals surface area contributed by atoms with Crippen molar-refractivity contribution in [3.8, 4) is 0 Å². The van der Waals surface area contributed by atoms with Gasteiger partial charge in [-0.15, -0.1) is 0 Å². The smallest absolute Gasteiger partial charge is 0.410 e. The van der Waals surface area contributed by atoms with E-state index in [0.717, 1.165) is 36.0 Å². The second-order valence-corrected chi connectivity index (χ2v) is 10.6. The zero-order valence-corrected chi connectivity index (χ0v) is 23.7. The molecule has 1 N–H and O–H groups in total. The van der Waals surface area contributed by atoms with Crippen molar-refractivity contribution in [1.29, 1.82) is 0 Å². The highest BCUT2D eigenvalue weighted by molar-refractivity contribution is 5.94. The van der Waals surface area contributed by atoms with Crippen LogP contribution in [0, 0.1) is 11.7 Å². The van der Waals surface area contributed by atoms with Crippen LogP contribution in [0.15, 0.2) is 53.6 Å². The maximum absolute atomic E-state index is 13.9. The quantitative estimate of drug-likeness (QED) is 0.356. The van der Waals surface area contributed by atoms with E-state index in [1.807, 2.05) is 6.07 Å².